The van der Waals surface area contributed by atoms with E-state index in [1.165, 1.54) is 6.07 Å². The maximum absolute atomic E-state index is 13.9. The number of aromatic nitrogens is 2. The van der Waals surface area contributed by atoms with Crippen molar-refractivity contribution in [3.05, 3.63) is 65.2 Å². The van der Waals surface area contributed by atoms with Crippen molar-refractivity contribution < 1.29 is 14.3 Å². The number of hydrogen-bond acceptors (Lipinski definition) is 2. The molecular formula is C17H15FN2O2. The molecule has 1 N–H and O–H groups in total. The van der Waals surface area contributed by atoms with Gasteiger partial charge in [-0.2, -0.15) is 0 Å². The van der Waals surface area contributed by atoms with Gasteiger partial charge in [0.2, 0.25) is 0 Å². The number of carboxylic acids is 1. The molecule has 0 bridgehead atoms. The summed E-state index contributed by atoms with van der Waals surface area (Å²) in [6, 6.07) is 12.2. The minimum atomic E-state index is -0.957. The zero-order valence-corrected chi connectivity index (χ0v) is 12.1. The van der Waals surface area contributed by atoms with Gasteiger partial charge in [-0.1, -0.05) is 24.3 Å². The Labute approximate surface area is 126 Å². The van der Waals surface area contributed by atoms with Crippen LogP contribution in [0, 0.1) is 12.7 Å². The van der Waals surface area contributed by atoms with Gasteiger partial charge in [0, 0.05) is 5.56 Å². The lowest BCUT2D eigenvalue weighted by Crippen LogP contribution is -2.11. The molecule has 0 saturated heterocycles. The first-order chi connectivity index (χ1) is 10.5. The summed E-state index contributed by atoms with van der Waals surface area (Å²) in [5, 5.41) is 9.06. The van der Waals surface area contributed by atoms with Crippen molar-refractivity contribution in [3.63, 3.8) is 0 Å². The molecule has 0 amide bonds. The van der Waals surface area contributed by atoms with E-state index in [1.54, 1.807) is 22.8 Å². The van der Waals surface area contributed by atoms with Crippen molar-refractivity contribution in [2.45, 2.75) is 19.9 Å². The largest absolute Gasteiger partial charge is 0.481 e. The number of halogens is 1. The van der Waals surface area contributed by atoms with E-state index >= 15 is 0 Å². The van der Waals surface area contributed by atoms with E-state index in [1.807, 2.05) is 25.1 Å². The summed E-state index contributed by atoms with van der Waals surface area (Å²) in [5.74, 6) is -0.837. The Morgan fingerprint density at radius 2 is 2.05 bits per heavy atom. The minimum absolute atomic E-state index is 0.192. The summed E-state index contributed by atoms with van der Waals surface area (Å²) in [5.41, 5.74) is 3.09. The van der Waals surface area contributed by atoms with Crippen LogP contribution in [0.3, 0.4) is 0 Å². The van der Waals surface area contributed by atoms with Crippen molar-refractivity contribution in [3.8, 4) is 0 Å². The first-order valence-electron chi connectivity index (χ1n) is 6.95. The predicted octanol–water partition coefficient (Wildman–Crippen LogP) is 3.16. The van der Waals surface area contributed by atoms with E-state index in [-0.39, 0.29) is 18.8 Å². The molecule has 0 aliphatic rings. The zero-order chi connectivity index (χ0) is 15.7. The summed E-state index contributed by atoms with van der Waals surface area (Å²) in [6.07, 6.45) is -0.192. The molecule has 1 aromatic heterocycles. The van der Waals surface area contributed by atoms with Gasteiger partial charge in [-0.25, -0.2) is 9.37 Å². The van der Waals surface area contributed by atoms with Crippen LogP contribution >= 0.6 is 0 Å². The summed E-state index contributed by atoms with van der Waals surface area (Å²) in [7, 11) is 0. The lowest BCUT2D eigenvalue weighted by atomic mass is 10.2. The number of benzene rings is 2. The van der Waals surface area contributed by atoms with Crippen molar-refractivity contribution in [1.82, 2.24) is 9.55 Å². The van der Waals surface area contributed by atoms with Gasteiger partial charge >= 0.3 is 5.97 Å². The number of imidazole rings is 1. The van der Waals surface area contributed by atoms with E-state index in [4.69, 9.17) is 5.11 Å². The summed E-state index contributed by atoms with van der Waals surface area (Å²) in [4.78, 5) is 15.5. The van der Waals surface area contributed by atoms with Crippen LogP contribution in [0.25, 0.3) is 11.0 Å². The van der Waals surface area contributed by atoms with Crippen LogP contribution in [0.15, 0.2) is 42.5 Å². The van der Waals surface area contributed by atoms with Crippen LogP contribution in [-0.4, -0.2) is 20.6 Å². The topological polar surface area (TPSA) is 55.1 Å². The Hall–Kier alpha value is -2.69. The second-order valence-electron chi connectivity index (χ2n) is 5.27. The van der Waals surface area contributed by atoms with Crippen molar-refractivity contribution >= 4 is 17.0 Å². The lowest BCUT2D eigenvalue weighted by Gasteiger charge is -2.09. The highest BCUT2D eigenvalue weighted by Crippen LogP contribution is 2.21. The molecule has 0 fully saturated rings. The van der Waals surface area contributed by atoms with Crippen LogP contribution in [-0.2, 0) is 17.8 Å². The SMILES string of the molecule is Cc1ccc2c(c1)nc(CC(=O)O)n2Cc1ccccc1F. The van der Waals surface area contributed by atoms with Gasteiger partial charge in [-0.05, 0) is 30.7 Å². The monoisotopic (exact) mass is 298 g/mol. The maximum atomic E-state index is 13.9. The number of carbonyl (C=O) groups is 1. The molecule has 2 aromatic carbocycles. The van der Waals surface area contributed by atoms with Crippen LogP contribution < -0.4 is 0 Å². The molecule has 3 rings (SSSR count). The molecule has 112 valence electrons. The molecule has 0 radical (unpaired) electrons. The molecule has 22 heavy (non-hydrogen) atoms. The molecule has 0 atom stereocenters. The second-order valence-corrected chi connectivity index (χ2v) is 5.27. The quantitative estimate of drug-likeness (QED) is 0.805. The van der Waals surface area contributed by atoms with Gasteiger partial charge in [0.15, 0.2) is 0 Å². The number of carboxylic acid groups (broad SMARTS) is 1. The number of nitrogens with zero attached hydrogens (tertiary/aromatic N) is 2. The Morgan fingerprint density at radius 1 is 1.27 bits per heavy atom. The molecule has 3 aromatic rings. The number of aryl methyl sites for hydroxylation is 1. The fourth-order valence-corrected chi connectivity index (χ4v) is 2.53. The summed E-state index contributed by atoms with van der Waals surface area (Å²) in [6.45, 7) is 2.21. The van der Waals surface area contributed by atoms with Crippen molar-refractivity contribution in [2.24, 2.45) is 0 Å². The molecule has 0 spiro atoms. The molecule has 1 heterocycles. The number of rotatable bonds is 4. The molecule has 0 aliphatic heterocycles. The maximum Gasteiger partial charge on any atom is 0.311 e. The molecule has 5 heteroatoms. The first-order valence-corrected chi connectivity index (χ1v) is 6.95. The van der Waals surface area contributed by atoms with E-state index in [2.05, 4.69) is 4.98 Å². The Bertz CT molecular complexity index is 855. The van der Waals surface area contributed by atoms with E-state index in [0.717, 1.165) is 16.6 Å². The van der Waals surface area contributed by atoms with Gasteiger partial charge in [0.1, 0.15) is 18.1 Å². The highest BCUT2D eigenvalue weighted by atomic mass is 19.1. The first kappa shape index (κ1) is 14.3. The Balaban J connectivity index is 2.13. The average molecular weight is 298 g/mol. The summed E-state index contributed by atoms with van der Waals surface area (Å²) >= 11 is 0. The fraction of sp³-hybridized carbons (Fsp3) is 0.176. The number of hydrogen-bond donors (Lipinski definition) is 1. The standard InChI is InChI=1S/C17H15FN2O2/c1-11-6-7-15-14(8-11)19-16(9-17(21)22)20(15)10-12-4-2-3-5-13(12)18/h2-8H,9-10H2,1H3,(H,21,22). The highest BCUT2D eigenvalue weighted by molar-refractivity contribution is 5.79. The third-order valence-corrected chi connectivity index (χ3v) is 3.58. The third kappa shape index (κ3) is 2.70. The van der Waals surface area contributed by atoms with Gasteiger partial charge in [-0.15, -0.1) is 0 Å². The van der Waals surface area contributed by atoms with Gasteiger partial charge in [0.25, 0.3) is 0 Å². The number of aliphatic carboxylic acids is 1. The lowest BCUT2D eigenvalue weighted by molar-refractivity contribution is -0.136. The van der Waals surface area contributed by atoms with E-state index in [9.17, 15) is 9.18 Å². The molecular weight excluding hydrogens is 283 g/mol. The molecule has 0 saturated carbocycles. The van der Waals surface area contributed by atoms with Crippen LogP contribution in [0.5, 0.6) is 0 Å². The van der Waals surface area contributed by atoms with Gasteiger partial charge in [0.05, 0.1) is 17.6 Å². The van der Waals surface area contributed by atoms with E-state index in [0.29, 0.717) is 11.4 Å². The molecule has 0 aliphatic carbocycles. The fourth-order valence-electron chi connectivity index (χ4n) is 2.53. The average Bonchev–Trinajstić information content (AvgIpc) is 2.77. The second kappa shape index (κ2) is 5.60. The molecule has 0 unspecified atom stereocenters. The van der Waals surface area contributed by atoms with Crippen LogP contribution in [0.1, 0.15) is 17.0 Å². The third-order valence-electron chi connectivity index (χ3n) is 3.58. The van der Waals surface area contributed by atoms with Gasteiger partial charge in [-0.3, -0.25) is 4.79 Å². The summed E-state index contributed by atoms with van der Waals surface area (Å²) < 4.78 is 15.7. The Kier molecular flexibility index (Phi) is 3.63. The zero-order valence-electron chi connectivity index (χ0n) is 12.1. The Morgan fingerprint density at radius 3 is 2.77 bits per heavy atom. The van der Waals surface area contributed by atoms with Crippen molar-refractivity contribution in [2.75, 3.05) is 0 Å². The van der Waals surface area contributed by atoms with E-state index < -0.39 is 5.97 Å². The smallest absolute Gasteiger partial charge is 0.311 e. The highest BCUT2D eigenvalue weighted by Gasteiger charge is 2.15. The minimum Gasteiger partial charge on any atom is -0.481 e. The number of fused-ring (bicyclic) bond motifs is 1. The van der Waals surface area contributed by atoms with Crippen LogP contribution in [0.4, 0.5) is 4.39 Å². The van der Waals surface area contributed by atoms with Gasteiger partial charge < -0.3 is 9.67 Å². The molecule has 4 nitrogen and oxygen atoms in total. The van der Waals surface area contributed by atoms with Crippen LogP contribution in [0.2, 0.25) is 0 Å². The van der Waals surface area contributed by atoms with Crippen molar-refractivity contribution in [1.29, 1.82) is 0 Å². The normalized spacial score (nSPS) is 11.0. The predicted molar refractivity (Wildman–Crippen MR) is 81.3 cm³/mol.